The minimum atomic E-state index is 0.0691. The third-order valence-corrected chi connectivity index (χ3v) is 3.85. The molecule has 1 saturated heterocycles. The van der Waals surface area contributed by atoms with E-state index in [9.17, 15) is 4.79 Å². The van der Waals surface area contributed by atoms with Gasteiger partial charge in [0, 0.05) is 18.8 Å². The molecule has 0 saturated carbocycles. The Hall–Kier alpha value is -2.25. The van der Waals surface area contributed by atoms with Gasteiger partial charge in [-0.2, -0.15) is 5.10 Å². The number of hydrogen-bond donors (Lipinski definition) is 1. The summed E-state index contributed by atoms with van der Waals surface area (Å²) in [6.07, 6.45) is 5.31. The second-order valence-corrected chi connectivity index (χ2v) is 5.11. The highest BCUT2D eigenvalue weighted by Gasteiger charge is 2.25. The van der Waals surface area contributed by atoms with E-state index in [1.54, 1.807) is 0 Å². The third-order valence-electron chi connectivity index (χ3n) is 3.85. The number of H-pyrrole nitrogens is 1. The number of carbonyl (C=O) groups excluding carboxylic acids is 1. The van der Waals surface area contributed by atoms with E-state index in [0.717, 1.165) is 31.6 Å². The lowest BCUT2D eigenvalue weighted by molar-refractivity contribution is -0.133. The second kappa shape index (κ2) is 5.40. The number of aryl methyl sites for hydroxylation is 1. The van der Waals surface area contributed by atoms with Gasteiger partial charge in [-0.15, -0.1) is 5.10 Å². The third kappa shape index (κ3) is 2.54. The van der Waals surface area contributed by atoms with Crippen molar-refractivity contribution in [3.63, 3.8) is 0 Å². The van der Waals surface area contributed by atoms with E-state index in [1.807, 2.05) is 18.0 Å². The molecule has 20 heavy (non-hydrogen) atoms. The summed E-state index contributed by atoms with van der Waals surface area (Å²) in [7, 11) is 0. The summed E-state index contributed by atoms with van der Waals surface area (Å²) in [5.74, 6) is 0.561. The van der Waals surface area contributed by atoms with Crippen LogP contribution in [0.3, 0.4) is 0 Å². The van der Waals surface area contributed by atoms with Crippen LogP contribution >= 0.6 is 0 Å². The molecule has 2 aromatic heterocycles. The minimum absolute atomic E-state index is 0.0691. The Morgan fingerprint density at radius 2 is 2.25 bits per heavy atom. The van der Waals surface area contributed by atoms with Gasteiger partial charge in [-0.25, -0.2) is 4.68 Å². The molecule has 106 valence electrons. The molecule has 1 N–H and O–H groups in total. The van der Waals surface area contributed by atoms with E-state index < -0.39 is 0 Å². The summed E-state index contributed by atoms with van der Waals surface area (Å²) >= 11 is 0. The van der Waals surface area contributed by atoms with Gasteiger partial charge in [0.15, 0.2) is 0 Å². The quantitative estimate of drug-likeness (QED) is 0.858. The smallest absolute Gasteiger partial charge is 0.244 e. The van der Waals surface area contributed by atoms with E-state index in [4.69, 9.17) is 0 Å². The molecule has 3 heterocycles. The minimum Gasteiger partial charge on any atom is -0.341 e. The van der Waals surface area contributed by atoms with Gasteiger partial charge in [0.05, 0.1) is 6.20 Å². The molecule has 0 bridgehead atoms. The highest BCUT2D eigenvalue weighted by atomic mass is 16.2. The van der Waals surface area contributed by atoms with Crippen molar-refractivity contribution in [2.75, 3.05) is 13.1 Å². The first-order valence-electron chi connectivity index (χ1n) is 6.72. The number of piperidine rings is 1. The van der Waals surface area contributed by atoms with Crippen molar-refractivity contribution in [2.45, 2.75) is 32.2 Å². The van der Waals surface area contributed by atoms with Crippen molar-refractivity contribution in [1.82, 2.24) is 35.3 Å². The number of aromatic amines is 1. The zero-order chi connectivity index (χ0) is 13.9. The van der Waals surface area contributed by atoms with E-state index in [1.165, 1.54) is 16.6 Å². The van der Waals surface area contributed by atoms with Crippen LogP contribution in [-0.4, -0.2) is 54.3 Å². The Balaban J connectivity index is 1.56. The lowest BCUT2D eigenvalue weighted by Gasteiger charge is -2.31. The lowest BCUT2D eigenvalue weighted by atomic mass is 9.90. The van der Waals surface area contributed by atoms with E-state index >= 15 is 0 Å². The zero-order valence-corrected chi connectivity index (χ0v) is 11.4. The molecule has 1 fully saturated rings. The predicted octanol–water partition coefficient (Wildman–Crippen LogP) is 0.111. The van der Waals surface area contributed by atoms with Gasteiger partial charge < -0.3 is 4.90 Å². The van der Waals surface area contributed by atoms with Gasteiger partial charge in [0.25, 0.3) is 0 Å². The molecule has 0 aromatic carbocycles. The predicted molar refractivity (Wildman–Crippen MR) is 69.7 cm³/mol. The van der Waals surface area contributed by atoms with Crippen LogP contribution in [0, 0.1) is 6.92 Å². The van der Waals surface area contributed by atoms with Gasteiger partial charge in [-0.1, -0.05) is 0 Å². The Morgan fingerprint density at radius 1 is 1.45 bits per heavy atom. The van der Waals surface area contributed by atoms with Crippen molar-refractivity contribution in [1.29, 1.82) is 0 Å². The SMILES string of the molecule is Cc1[nH]ncc1C1CCN(C(=O)Cn2cnnn2)CC1. The molecule has 0 spiro atoms. The number of hydrogen-bond acceptors (Lipinski definition) is 5. The average molecular weight is 275 g/mol. The fourth-order valence-electron chi connectivity index (χ4n) is 2.70. The maximum Gasteiger partial charge on any atom is 0.244 e. The number of nitrogens with one attached hydrogen (secondary N) is 1. The summed E-state index contributed by atoms with van der Waals surface area (Å²) in [6, 6.07) is 0. The number of nitrogens with zero attached hydrogens (tertiary/aromatic N) is 6. The second-order valence-electron chi connectivity index (χ2n) is 5.11. The van der Waals surface area contributed by atoms with Crippen LogP contribution in [0.1, 0.15) is 30.0 Å². The van der Waals surface area contributed by atoms with Crippen molar-refractivity contribution in [3.05, 3.63) is 23.8 Å². The number of carbonyl (C=O) groups is 1. The van der Waals surface area contributed by atoms with Gasteiger partial charge in [0.2, 0.25) is 5.91 Å². The van der Waals surface area contributed by atoms with Gasteiger partial charge in [0.1, 0.15) is 12.9 Å². The van der Waals surface area contributed by atoms with Gasteiger partial charge in [-0.05, 0) is 41.7 Å². The van der Waals surface area contributed by atoms with Crippen LogP contribution in [0.15, 0.2) is 12.5 Å². The van der Waals surface area contributed by atoms with Gasteiger partial charge in [-0.3, -0.25) is 9.89 Å². The van der Waals surface area contributed by atoms with Crippen LogP contribution in [0.25, 0.3) is 0 Å². The monoisotopic (exact) mass is 275 g/mol. The highest BCUT2D eigenvalue weighted by Crippen LogP contribution is 2.29. The largest absolute Gasteiger partial charge is 0.341 e. The molecule has 2 aromatic rings. The Kier molecular flexibility index (Phi) is 3.44. The van der Waals surface area contributed by atoms with Crippen LogP contribution in [0.2, 0.25) is 0 Å². The summed E-state index contributed by atoms with van der Waals surface area (Å²) in [5, 5.41) is 17.8. The summed E-state index contributed by atoms with van der Waals surface area (Å²) in [4.78, 5) is 14.0. The standard InChI is InChI=1S/C12H17N7O/c1-9-11(6-13-15-9)10-2-4-18(5-3-10)12(20)7-19-8-14-16-17-19/h6,8,10H,2-5,7H2,1H3,(H,13,15). The molecular formula is C12H17N7O. The molecule has 1 amide bonds. The highest BCUT2D eigenvalue weighted by molar-refractivity contribution is 5.75. The van der Waals surface area contributed by atoms with Crippen molar-refractivity contribution in [3.8, 4) is 0 Å². The number of tetrazole rings is 1. The first-order chi connectivity index (χ1) is 9.74. The first kappa shape index (κ1) is 12.8. The number of aromatic nitrogens is 6. The van der Waals surface area contributed by atoms with Crippen molar-refractivity contribution >= 4 is 5.91 Å². The first-order valence-corrected chi connectivity index (χ1v) is 6.72. The molecule has 1 aliphatic heterocycles. The summed E-state index contributed by atoms with van der Waals surface area (Å²) in [5.41, 5.74) is 2.40. The molecule has 0 atom stereocenters. The molecule has 1 aliphatic rings. The zero-order valence-electron chi connectivity index (χ0n) is 11.4. The number of amides is 1. The maximum absolute atomic E-state index is 12.1. The lowest BCUT2D eigenvalue weighted by Crippen LogP contribution is -2.39. The van der Waals surface area contributed by atoms with E-state index in [0.29, 0.717) is 5.92 Å². The number of likely N-dealkylation sites (tertiary alicyclic amines) is 1. The van der Waals surface area contributed by atoms with Crippen LogP contribution < -0.4 is 0 Å². The van der Waals surface area contributed by atoms with E-state index in [-0.39, 0.29) is 12.5 Å². The average Bonchev–Trinajstić information content (AvgIpc) is 3.10. The van der Waals surface area contributed by atoms with Crippen molar-refractivity contribution < 1.29 is 4.79 Å². The molecule has 0 aliphatic carbocycles. The molecule has 8 nitrogen and oxygen atoms in total. The number of rotatable bonds is 3. The van der Waals surface area contributed by atoms with Crippen LogP contribution in [-0.2, 0) is 11.3 Å². The topological polar surface area (TPSA) is 92.6 Å². The van der Waals surface area contributed by atoms with Gasteiger partial charge >= 0.3 is 0 Å². The van der Waals surface area contributed by atoms with Crippen LogP contribution in [0.5, 0.6) is 0 Å². The summed E-state index contributed by atoms with van der Waals surface area (Å²) in [6.45, 7) is 3.80. The Morgan fingerprint density at radius 3 is 2.85 bits per heavy atom. The molecule has 3 rings (SSSR count). The maximum atomic E-state index is 12.1. The van der Waals surface area contributed by atoms with Crippen molar-refractivity contribution in [2.24, 2.45) is 0 Å². The Labute approximate surface area is 116 Å². The fourth-order valence-corrected chi connectivity index (χ4v) is 2.70. The van der Waals surface area contributed by atoms with E-state index in [2.05, 4.69) is 25.7 Å². The summed E-state index contributed by atoms with van der Waals surface area (Å²) < 4.78 is 1.45. The fraction of sp³-hybridized carbons (Fsp3) is 0.583. The Bertz CT molecular complexity index is 568. The van der Waals surface area contributed by atoms with Crippen LogP contribution in [0.4, 0.5) is 0 Å². The molecule has 0 radical (unpaired) electrons. The molecular weight excluding hydrogens is 258 g/mol. The molecule has 0 unspecified atom stereocenters. The normalized spacial score (nSPS) is 16.6. The molecule has 8 heteroatoms.